The molecule has 3 heterocycles. The lowest BCUT2D eigenvalue weighted by molar-refractivity contribution is -0.133. The van der Waals surface area contributed by atoms with Crippen LogP contribution >= 0.6 is 0 Å². The van der Waals surface area contributed by atoms with Crippen molar-refractivity contribution in [3.63, 3.8) is 0 Å². The zero-order valence-electron chi connectivity index (χ0n) is 19.4. The summed E-state index contributed by atoms with van der Waals surface area (Å²) in [5, 5.41) is 3.49. The number of piperidine rings is 2. The van der Waals surface area contributed by atoms with Gasteiger partial charge in [-0.25, -0.2) is 0 Å². The number of rotatable bonds is 7. The number of carbonyl (C=O) groups is 1. The Kier molecular flexibility index (Phi) is 9.72. The second kappa shape index (κ2) is 12.5. The summed E-state index contributed by atoms with van der Waals surface area (Å²) in [6.07, 6.45) is 7.45. The van der Waals surface area contributed by atoms with E-state index >= 15 is 0 Å². The molecular weight excluding hydrogens is 376 g/mol. The Labute approximate surface area is 183 Å². The van der Waals surface area contributed by atoms with Crippen molar-refractivity contribution in [2.45, 2.75) is 52.4 Å². The van der Waals surface area contributed by atoms with Crippen LogP contribution in [0.2, 0.25) is 0 Å². The molecule has 7 nitrogen and oxygen atoms in total. The monoisotopic (exact) mass is 420 g/mol. The summed E-state index contributed by atoms with van der Waals surface area (Å²) in [5.41, 5.74) is 0. The summed E-state index contributed by atoms with van der Waals surface area (Å²) in [4.78, 5) is 26.8. The molecule has 3 rings (SSSR count). The van der Waals surface area contributed by atoms with E-state index < -0.39 is 0 Å². The SMILES string of the molecule is CCNC(=NCCC1CCN(CC)CC1)N1CCN(CC(=O)N2CCCCC2)CC1. The maximum Gasteiger partial charge on any atom is 0.236 e. The zero-order valence-corrected chi connectivity index (χ0v) is 19.4. The fourth-order valence-corrected chi connectivity index (χ4v) is 4.92. The van der Waals surface area contributed by atoms with Gasteiger partial charge in [-0.3, -0.25) is 14.7 Å². The molecule has 0 atom stereocenters. The van der Waals surface area contributed by atoms with Crippen LogP contribution in [0, 0.1) is 5.92 Å². The van der Waals surface area contributed by atoms with Crippen LogP contribution in [0.1, 0.15) is 52.4 Å². The predicted molar refractivity (Wildman–Crippen MR) is 124 cm³/mol. The van der Waals surface area contributed by atoms with Crippen LogP contribution in [-0.2, 0) is 4.79 Å². The van der Waals surface area contributed by atoms with E-state index in [-0.39, 0.29) is 0 Å². The third-order valence-corrected chi connectivity index (χ3v) is 7.03. The van der Waals surface area contributed by atoms with Gasteiger partial charge >= 0.3 is 0 Å². The Morgan fingerprint density at radius 3 is 2.20 bits per heavy atom. The largest absolute Gasteiger partial charge is 0.357 e. The van der Waals surface area contributed by atoms with Crippen LogP contribution in [-0.4, -0.2) is 110 Å². The Balaban J connectivity index is 1.39. The van der Waals surface area contributed by atoms with E-state index in [0.717, 1.165) is 64.2 Å². The molecule has 0 bridgehead atoms. The molecule has 0 unspecified atom stereocenters. The molecule has 3 fully saturated rings. The minimum Gasteiger partial charge on any atom is -0.357 e. The van der Waals surface area contributed by atoms with E-state index in [0.29, 0.717) is 12.5 Å². The van der Waals surface area contributed by atoms with Crippen molar-refractivity contribution < 1.29 is 4.79 Å². The second-order valence-electron chi connectivity index (χ2n) is 9.11. The molecule has 3 aliphatic rings. The Bertz CT molecular complexity index is 532. The number of amides is 1. The van der Waals surface area contributed by atoms with Crippen LogP contribution in [0.3, 0.4) is 0 Å². The van der Waals surface area contributed by atoms with Crippen molar-refractivity contribution in [1.29, 1.82) is 0 Å². The topological polar surface area (TPSA) is 54.4 Å². The van der Waals surface area contributed by atoms with Crippen molar-refractivity contribution in [3.05, 3.63) is 0 Å². The molecule has 0 aromatic heterocycles. The van der Waals surface area contributed by atoms with Gasteiger partial charge in [0.05, 0.1) is 6.54 Å². The Hall–Kier alpha value is -1.34. The summed E-state index contributed by atoms with van der Waals surface area (Å²) in [6, 6.07) is 0. The molecule has 7 heteroatoms. The van der Waals surface area contributed by atoms with E-state index in [1.807, 2.05) is 0 Å². The first-order valence-corrected chi connectivity index (χ1v) is 12.4. The highest BCUT2D eigenvalue weighted by molar-refractivity contribution is 5.80. The van der Waals surface area contributed by atoms with Crippen LogP contribution in [0.25, 0.3) is 0 Å². The van der Waals surface area contributed by atoms with Crippen LogP contribution in [0.4, 0.5) is 0 Å². The lowest BCUT2D eigenvalue weighted by atomic mass is 9.94. The Morgan fingerprint density at radius 2 is 1.57 bits per heavy atom. The number of piperazine rings is 1. The minimum absolute atomic E-state index is 0.317. The average molecular weight is 421 g/mol. The number of carbonyl (C=O) groups excluding carboxylic acids is 1. The molecule has 3 saturated heterocycles. The first-order chi connectivity index (χ1) is 14.7. The third kappa shape index (κ3) is 7.12. The molecule has 1 N–H and O–H groups in total. The Morgan fingerprint density at radius 1 is 0.867 bits per heavy atom. The predicted octanol–water partition coefficient (Wildman–Crippen LogP) is 1.70. The van der Waals surface area contributed by atoms with Gasteiger partial charge in [-0.15, -0.1) is 0 Å². The molecule has 0 aromatic rings. The van der Waals surface area contributed by atoms with Gasteiger partial charge < -0.3 is 20.0 Å². The highest BCUT2D eigenvalue weighted by atomic mass is 16.2. The number of guanidine groups is 1. The number of nitrogens with zero attached hydrogens (tertiary/aromatic N) is 5. The van der Waals surface area contributed by atoms with Crippen LogP contribution in [0.15, 0.2) is 4.99 Å². The average Bonchev–Trinajstić information content (AvgIpc) is 2.80. The van der Waals surface area contributed by atoms with Gasteiger partial charge in [0, 0.05) is 52.4 Å². The molecule has 0 saturated carbocycles. The second-order valence-corrected chi connectivity index (χ2v) is 9.11. The third-order valence-electron chi connectivity index (χ3n) is 7.03. The molecule has 30 heavy (non-hydrogen) atoms. The first kappa shape index (κ1) is 23.3. The van der Waals surface area contributed by atoms with Gasteiger partial charge in [-0.2, -0.15) is 0 Å². The van der Waals surface area contributed by atoms with E-state index in [1.165, 1.54) is 58.2 Å². The lowest BCUT2D eigenvalue weighted by Crippen LogP contribution is -2.54. The molecule has 0 aliphatic carbocycles. The molecular formula is C23H44N6O. The number of likely N-dealkylation sites (tertiary alicyclic amines) is 2. The summed E-state index contributed by atoms with van der Waals surface area (Å²) < 4.78 is 0. The normalized spacial score (nSPS) is 23.1. The summed E-state index contributed by atoms with van der Waals surface area (Å²) in [7, 11) is 0. The van der Waals surface area contributed by atoms with Crippen LogP contribution < -0.4 is 5.32 Å². The van der Waals surface area contributed by atoms with Gasteiger partial charge in [0.1, 0.15) is 0 Å². The van der Waals surface area contributed by atoms with Crippen LogP contribution in [0.5, 0.6) is 0 Å². The van der Waals surface area contributed by atoms with Crippen molar-refractivity contribution in [1.82, 2.24) is 24.9 Å². The fraction of sp³-hybridized carbons (Fsp3) is 0.913. The fourth-order valence-electron chi connectivity index (χ4n) is 4.92. The highest BCUT2D eigenvalue weighted by Crippen LogP contribution is 2.20. The molecule has 0 radical (unpaired) electrons. The highest BCUT2D eigenvalue weighted by Gasteiger charge is 2.24. The summed E-state index contributed by atoms with van der Waals surface area (Å²) in [5.74, 6) is 2.21. The van der Waals surface area contributed by atoms with Gasteiger partial charge in [0.2, 0.25) is 5.91 Å². The lowest BCUT2D eigenvalue weighted by Gasteiger charge is -2.37. The van der Waals surface area contributed by atoms with Gasteiger partial charge in [0.25, 0.3) is 0 Å². The van der Waals surface area contributed by atoms with E-state index in [9.17, 15) is 4.79 Å². The summed E-state index contributed by atoms with van der Waals surface area (Å²) in [6.45, 7) is 16.2. The van der Waals surface area contributed by atoms with Gasteiger partial charge in [0.15, 0.2) is 5.96 Å². The minimum atomic E-state index is 0.317. The molecule has 3 aliphatic heterocycles. The molecule has 172 valence electrons. The number of nitrogens with one attached hydrogen (secondary N) is 1. The van der Waals surface area contributed by atoms with Crippen molar-refractivity contribution in [2.75, 3.05) is 78.5 Å². The van der Waals surface area contributed by atoms with Crippen molar-refractivity contribution >= 4 is 11.9 Å². The molecule has 0 spiro atoms. The van der Waals surface area contributed by atoms with Gasteiger partial charge in [-0.1, -0.05) is 6.92 Å². The van der Waals surface area contributed by atoms with Crippen molar-refractivity contribution in [3.8, 4) is 0 Å². The maximum atomic E-state index is 12.5. The first-order valence-electron chi connectivity index (χ1n) is 12.4. The van der Waals surface area contributed by atoms with Crippen molar-refractivity contribution in [2.24, 2.45) is 10.9 Å². The summed E-state index contributed by atoms with van der Waals surface area (Å²) >= 11 is 0. The smallest absolute Gasteiger partial charge is 0.236 e. The number of hydrogen-bond donors (Lipinski definition) is 1. The number of hydrogen-bond acceptors (Lipinski definition) is 4. The van der Waals surface area contributed by atoms with E-state index in [2.05, 4.69) is 38.8 Å². The standard InChI is InChI=1S/C23H44N6O/c1-3-24-23(25-11-8-21-9-14-26(4-2)15-10-21)29-18-16-27(17-19-29)20-22(30)28-12-6-5-7-13-28/h21H,3-20H2,1-2H3,(H,24,25). The maximum absolute atomic E-state index is 12.5. The van der Waals surface area contributed by atoms with E-state index in [1.54, 1.807) is 0 Å². The quantitative estimate of drug-likeness (QED) is 0.502. The zero-order chi connectivity index (χ0) is 21.2. The van der Waals surface area contributed by atoms with E-state index in [4.69, 9.17) is 4.99 Å². The van der Waals surface area contributed by atoms with Gasteiger partial charge in [-0.05, 0) is 71.0 Å². The molecule has 1 amide bonds. The number of aliphatic imine (C=N–C) groups is 1. The molecule has 0 aromatic carbocycles.